The molecule has 0 saturated heterocycles. The first-order chi connectivity index (χ1) is 8.28. The largest absolute Gasteiger partial charge is 0.330 e. The van der Waals surface area contributed by atoms with Crippen molar-refractivity contribution < 1.29 is 4.79 Å². The molecule has 0 radical (unpaired) electrons. The van der Waals surface area contributed by atoms with E-state index in [0.717, 1.165) is 11.4 Å². The number of hydrogen-bond donors (Lipinski definition) is 2. The van der Waals surface area contributed by atoms with Gasteiger partial charge in [-0.2, -0.15) is 0 Å². The lowest BCUT2D eigenvalue weighted by atomic mass is 10.4. The normalized spacial score (nSPS) is 10.4. The lowest BCUT2D eigenvalue weighted by Crippen LogP contribution is -2.15. The second kappa shape index (κ2) is 5.85. The molecule has 0 aliphatic heterocycles. The van der Waals surface area contributed by atoms with E-state index >= 15 is 0 Å². The number of thiophene rings is 1. The number of amides is 1. The van der Waals surface area contributed by atoms with Crippen molar-refractivity contribution in [2.45, 2.75) is 12.8 Å². The third-order valence-electron chi connectivity index (χ3n) is 1.99. The zero-order valence-electron chi connectivity index (χ0n) is 9.05. The van der Waals surface area contributed by atoms with Crippen LogP contribution in [0.15, 0.2) is 17.5 Å². The van der Waals surface area contributed by atoms with Crippen LogP contribution in [0.1, 0.15) is 16.3 Å². The highest BCUT2D eigenvalue weighted by molar-refractivity contribution is 7.15. The maximum absolute atomic E-state index is 11.3. The van der Waals surface area contributed by atoms with Gasteiger partial charge in [-0.05, 0) is 11.4 Å². The van der Waals surface area contributed by atoms with E-state index in [2.05, 4.69) is 21.6 Å². The molecule has 2 aromatic rings. The van der Waals surface area contributed by atoms with Gasteiger partial charge in [-0.25, -0.2) is 0 Å². The first-order valence-electron chi connectivity index (χ1n) is 5.12. The minimum Gasteiger partial charge on any atom is -0.330 e. The van der Waals surface area contributed by atoms with Crippen LogP contribution in [-0.4, -0.2) is 22.6 Å². The van der Waals surface area contributed by atoms with Gasteiger partial charge in [-0.15, -0.1) is 21.5 Å². The number of carbonyl (C=O) groups excluding carboxylic acids is 1. The van der Waals surface area contributed by atoms with Crippen molar-refractivity contribution in [3.05, 3.63) is 27.4 Å². The summed E-state index contributed by atoms with van der Waals surface area (Å²) in [5.41, 5.74) is 5.29. The summed E-state index contributed by atoms with van der Waals surface area (Å²) in [5.74, 6) is -0.119. The molecule has 0 atom stereocenters. The fourth-order valence-corrected chi connectivity index (χ4v) is 2.83. The van der Waals surface area contributed by atoms with Gasteiger partial charge in [0.25, 0.3) is 0 Å². The number of hydrogen-bond acceptors (Lipinski definition) is 6. The van der Waals surface area contributed by atoms with Gasteiger partial charge >= 0.3 is 0 Å². The van der Waals surface area contributed by atoms with E-state index < -0.39 is 0 Å². The number of rotatable bonds is 5. The molecule has 2 heterocycles. The number of nitrogens with zero attached hydrogens (tertiary/aromatic N) is 2. The Kier molecular flexibility index (Phi) is 4.18. The van der Waals surface area contributed by atoms with Gasteiger partial charge in [-0.3, -0.25) is 4.79 Å². The zero-order valence-corrected chi connectivity index (χ0v) is 10.7. The van der Waals surface area contributed by atoms with Gasteiger partial charge in [-0.1, -0.05) is 17.4 Å². The molecule has 0 aliphatic carbocycles. The molecule has 0 bridgehead atoms. The molecular weight excluding hydrogens is 256 g/mol. The number of aromatic nitrogens is 2. The second-order valence-electron chi connectivity index (χ2n) is 3.34. The Morgan fingerprint density at radius 1 is 1.47 bits per heavy atom. The summed E-state index contributed by atoms with van der Waals surface area (Å²) in [7, 11) is 0. The molecule has 0 saturated carbocycles. The van der Waals surface area contributed by atoms with E-state index in [-0.39, 0.29) is 5.91 Å². The molecule has 2 rings (SSSR count). The maximum atomic E-state index is 11.3. The van der Waals surface area contributed by atoms with Crippen LogP contribution in [0, 0.1) is 0 Å². The summed E-state index contributed by atoms with van der Waals surface area (Å²) >= 11 is 3.08. The molecule has 90 valence electrons. The highest BCUT2D eigenvalue weighted by Gasteiger charge is 2.08. The van der Waals surface area contributed by atoms with Crippen LogP contribution in [-0.2, 0) is 11.2 Å². The van der Waals surface area contributed by atoms with Crippen LogP contribution < -0.4 is 11.1 Å². The molecule has 1 amide bonds. The molecule has 0 fully saturated rings. The molecule has 2 aromatic heterocycles. The summed E-state index contributed by atoms with van der Waals surface area (Å²) in [5, 5.41) is 14.1. The molecule has 0 unspecified atom stereocenters. The van der Waals surface area contributed by atoms with Gasteiger partial charge in [0.05, 0.1) is 0 Å². The predicted octanol–water partition coefficient (Wildman–Crippen LogP) is 1.48. The highest BCUT2D eigenvalue weighted by Crippen LogP contribution is 2.20. The van der Waals surface area contributed by atoms with Crippen molar-refractivity contribution >= 4 is 33.7 Å². The lowest BCUT2D eigenvalue weighted by molar-refractivity contribution is -0.116. The Labute approximate surface area is 107 Å². The topological polar surface area (TPSA) is 80.9 Å². The maximum Gasteiger partial charge on any atom is 0.227 e. The summed E-state index contributed by atoms with van der Waals surface area (Å²) < 4.78 is 0. The van der Waals surface area contributed by atoms with Gasteiger partial charge in [0.1, 0.15) is 5.01 Å². The summed E-state index contributed by atoms with van der Waals surface area (Å²) in [4.78, 5) is 12.5. The molecule has 0 aromatic carbocycles. The molecule has 7 heteroatoms. The van der Waals surface area contributed by atoms with Crippen molar-refractivity contribution in [1.82, 2.24) is 10.2 Å². The van der Waals surface area contributed by atoms with Gasteiger partial charge < -0.3 is 11.1 Å². The number of anilines is 1. The SMILES string of the molecule is NCCC(=O)Nc1nnc(Cc2cccs2)s1. The van der Waals surface area contributed by atoms with Crippen LogP contribution >= 0.6 is 22.7 Å². The average Bonchev–Trinajstić information content (AvgIpc) is 2.91. The Hall–Kier alpha value is -1.31. The van der Waals surface area contributed by atoms with Crippen molar-refractivity contribution in [2.75, 3.05) is 11.9 Å². The fraction of sp³-hybridized carbons (Fsp3) is 0.300. The standard InChI is InChI=1S/C10H12N4OS2/c11-4-3-8(15)12-10-14-13-9(17-10)6-7-2-1-5-16-7/h1-2,5H,3-4,6,11H2,(H,12,14,15). The van der Waals surface area contributed by atoms with E-state index in [4.69, 9.17) is 5.73 Å². The Morgan fingerprint density at radius 3 is 3.06 bits per heavy atom. The van der Waals surface area contributed by atoms with Crippen molar-refractivity contribution in [1.29, 1.82) is 0 Å². The number of nitrogens with one attached hydrogen (secondary N) is 1. The average molecular weight is 268 g/mol. The van der Waals surface area contributed by atoms with E-state index in [1.54, 1.807) is 11.3 Å². The smallest absolute Gasteiger partial charge is 0.227 e. The van der Waals surface area contributed by atoms with E-state index in [0.29, 0.717) is 18.1 Å². The first-order valence-corrected chi connectivity index (χ1v) is 6.82. The van der Waals surface area contributed by atoms with Crippen LogP contribution in [0.5, 0.6) is 0 Å². The Bertz CT molecular complexity index is 480. The third kappa shape index (κ3) is 3.58. The van der Waals surface area contributed by atoms with Crippen LogP contribution in [0.25, 0.3) is 0 Å². The summed E-state index contributed by atoms with van der Waals surface area (Å²) in [6.45, 7) is 0.340. The van der Waals surface area contributed by atoms with E-state index in [1.807, 2.05) is 11.4 Å². The minimum atomic E-state index is -0.119. The second-order valence-corrected chi connectivity index (χ2v) is 5.44. The first kappa shape index (κ1) is 12.2. The molecule has 17 heavy (non-hydrogen) atoms. The Balaban J connectivity index is 1.94. The monoisotopic (exact) mass is 268 g/mol. The molecular formula is C10H12N4OS2. The molecule has 0 aliphatic rings. The lowest BCUT2D eigenvalue weighted by Gasteiger charge is -1.96. The number of carbonyl (C=O) groups is 1. The van der Waals surface area contributed by atoms with Gasteiger partial charge in [0, 0.05) is 24.3 Å². The van der Waals surface area contributed by atoms with Crippen molar-refractivity contribution in [2.24, 2.45) is 5.73 Å². The highest BCUT2D eigenvalue weighted by atomic mass is 32.1. The molecule has 5 nitrogen and oxygen atoms in total. The van der Waals surface area contributed by atoms with Gasteiger partial charge in [0.2, 0.25) is 11.0 Å². The van der Waals surface area contributed by atoms with E-state index in [1.165, 1.54) is 16.2 Å². The summed E-state index contributed by atoms with van der Waals surface area (Å²) in [6.07, 6.45) is 1.07. The van der Waals surface area contributed by atoms with Crippen molar-refractivity contribution in [3.63, 3.8) is 0 Å². The third-order valence-corrected chi connectivity index (χ3v) is 3.71. The minimum absolute atomic E-state index is 0.119. The number of nitrogens with two attached hydrogens (primary N) is 1. The predicted molar refractivity (Wildman–Crippen MR) is 69.3 cm³/mol. The van der Waals surface area contributed by atoms with E-state index in [9.17, 15) is 4.79 Å². The fourth-order valence-electron chi connectivity index (χ4n) is 1.25. The summed E-state index contributed by atoms with van der Waals surface area (Å²) in [6, 6.07) is 4.06. The van der Waals surface area contributed by atoms with Crippen LogP contribution in [0.2, 0.25) is 0 Å². The zero-order chi connectivity index (χ0) is 12.1. The van der Waals surface area contributed by atoms with Crippen LogP contribution in [0.3, 0.4) is 0 Å². The molecule has 3 N–H and O–H groups in total. The quantitative estimate of drug-likeness (QED) is 0.860. The van der Waals surface area contributed by atoms with Crippen molar-refractivity contribution in [3.8, 4) is 0 Å². The van der Waals surface area contributed by atoms with Crippen LogP contribution in [0.4, 0.5) is 5.13 Å². The Morgan fingerprint density at radius 2 is 2.35 bits per heavy atom. The molecule has 0 spiro atoms. The van der Waals surface area contributed by atoms with Gasteiger partial charge in [0.15, 0.2) is 0 Å².